The van der Waals surface area contributed by atoms with Crippen molar-refractivity contribution in [2.75, 3.05) is 13.1 Å². The van der Waals surface area contributed by atoms with Crippen LogP contribution in [0.3, 0.4) is 0 Å². The SMILES string of the molecule is Cc1[nH]c(=O)c(C#N)c(C)c1CCC(=O)N1CCC(Oc2ccc(F)cc2F)CC1. The summed E-state index contributed by atoms with van der Waals surface area (Å²) >= 11 is 0. The molecule has 0 atom stereocenters. The molecule has 2 aromatic rings. The molecular formula is C22H23F2N3O3. The number of aromatic amines is 1. The number of halogens is 2. The van der Waals surface area contributed by atoms with E-state index in [2.05, 4.69) is 4.98 Å². The van der Waals surface area contributed by atoms with E-state index < -0.39 is 17.2 Å². The summed E-state index contributed by atoms with van der Waals surface area (Å²) in [6.07, 6.45) is 1.56. The van der Waals surface area contributed by atoms with Gasteiger partial charge in [0.1, 0.15) is 23.6 Å². The summed E-state index contributed by atoms with van der Waals surface area (Å²) in [5.74, 6) is -1.41. The van der Waals surface area contributed by atoms with Crippen LogP contribution in [0.1, 0.15) is 41.6 Å². The molecule has 158 valence electrons. The summed E-state index contributed by atoms with van der Waals surface area (Å²) in [7, 11) is 0. The maximum atomic E-state index is 13.7. The number of amides is 1. The van der Waals surface area contributed by atoms with Crippen molar-refractivity contribution in [1.82, 2.24) is 9.88 Å². The number of ether oxygens (including phenoxy) is 1. The molecule has 30 heavy (non-hydrogen) atoms. The van der Waals surface area contributed by atoms with Gasteiger partial charge in [-0.25, -0.2) is 8.78 Å². The van der Waals surface area contributed by atoms with Gasteiger partial charge in [-0.2, -0.15) is 5.26 Å². The zero-order valence-electron chi connectivity index (χ0n) is 16.9. The maximum absolute atomic E-state index is 13.7. The van der Waals surface area contributed by atoms with Crippen molar-refractivity contribution in [3.05, 3.63) is 62.6 Å². The van der Waals surface area contributed by atoms with Crippen LogP contribution in [0.15, 0.2) is 23.0 Å². The number of H-pyrrole nitrogens is 1. The molecule has 1 saturated heterocycles. The highest BCUT2D eigenvalue weighted by molar-refractivity contribution is 5.76. The molecule has 1 aliphatic heterocycles. The number of nitrogens with zero attached hydrogens (tertiary/aromatic N) is 2. The highest BCUT2D eigenvalue weighted by Gasteiger charge is 2.25. The molecule has 1 amide bonds. The minimum absolute atomic E-state index is 0.0125. The highest BCUT2D eigenvalue weighted by Crippen LogP contribution is 2.23. The molecule has 3 rings (SSSR count). The van der Waals surface area contributed by atoms with Gasteiger partial charge in [0.15, 0.2) is 11.6 Å². The number of nitrogens with one attached hydrogen (secondary N) is 1. The first-order valence-electron chi connectivity index (χ1n) is 9.82. The molecule has 0 bridgehead atoms. The topological polar surface area (TPSA) is 86.2 Å². The number of nitriles is 1. The van der Waals surface area contributed by atoms with Crippen molar-refractivity contribution in [2.45, 2.75) is 45.6 Å². The van der Waals surface area contributed by atoms with E-state index in [1.165, 1.54) is 6.07 Å². The molecule has 6 nitrogen and oxygen atoms in total. The van der Waals surface area contributed by atoms with Crippen LogP contribution < -0.4 is 10.3 Å². The number of hydrogen-bond acceptors (Lipinski definition) is 4. The summed E-state index contributed by atoms with van der Waals surface area (Å²) in [6.45, 7) is 4.45. The molecule has 0 unspecified atom stereocenters. The van der Waals surface area contributed by atoms with Crippen LogP contribution in [0.5, 0.6) is 5.75 Å². The molecular weight excluding hydrogens is 392 g/mol. The Hall–Kier alpha value is -3.21. The summed E-state index contributed by atoms with van der Waals surface area (Å²) in [4.78, 5) is 28.8. The predicted molar refractivity (Wildman–Crippen MR) is 106 cm³/mol. The molecule has 1 fully saturated rings. The van der Waals surface area contributed by atoms with E-state index in [0.29, 0.717) is 43.6 Å². The number of hydrogen-bond donors (Lipinski definition) is 1. The normalized spacial score (nSPS) is 14.4. The number of likely N-dealkylation sites (tertiary alicyclic amines) is 1. The highest BCUT2D eigenvalue weighted by atomic mass is 19.1. The fourth-order valence-corrected chi connectivity index (χ4v) is 3.78. The van der Waals surface area contributed by atoms with Crippen LogP contribution in [0, 0.1) is 36.8 Å². The minimum Gasteiger partial charge on any atom is -0.487 e. The van der Waals surface area contributed by atoms with Gasteiger partial charge >= 0.3 is 0 Å². The van der Waals surface area contributed by atoms with E-state index >= 15 is 0 Å². The van der Waals surface area contributed by atoms with Gasteiger partial charge in [-0.1, -0.05) is 0 Å². The van der Waals surface area contributed by atoms with Crippen molar-refractivity contribution in [2.24, 2.45) is 0 Å². The standard InChI is InChI=1S/C22H23F2N3O3/c1-13-17(14(2)26-22(29)18(13)12-25)4-6-21(28)27-9-7-16(8-10-27)30-20-5-3-15(23)11-19(20)24/h3,5,11,16H,4,6-10H2,1-2H3,(H,26,29). The van der Waals surface area contributed by atoms with E-state index in [9.17, 15) is 18.4 Å². The van der Waals surface area contributed by atoms with E-state index in [0.717, 1.165) is 17.7 Å². The van der Waals surface area contributed by atoms with Gasteiger partial charge in [0.05, 0.1) is 0 Å². The fraction of sp³-hybridized carbons (Fsp3) is 0.409. The van der Waals surface area contributed by atoms with Gasteiger partial charge in [0.25, 0.3) is 5.56 Å². The number of benzene rings is 1. The average molecular weight is 415 g/mol. The van der Waals surface area contributed by atoms with Crippen LogP contribution in [0.4, 0.5) is 8.78 Å². The lowest BCUT2D eigenvalue weighted by atomic mass is 9.98. The number of rotatable bonds is 5. The second-order valence-corrected chi connectivity index (χ2v) is 7.44. The van der Waals surface area contributed by atoms with Gasteiger partial charge in [-0.15, -0.1) is 0 Å². The minimum atomic E-state index is -0.739. The number of pyridine rings is 1. The molecule has 1 aliphatic rings. The fourth-order valence-electron chi connectivity index (χ4n) is 3.78. The first kappa shape index (κ1) is 21.5. The van der Waals surface area contributed by atoms with Crippen LogP contribution in [-0.2, 0) is 11.2 Å². The summed E-state index contributed by atoms with van der Waals surface area (Å²) in [6, 6.07) is 5.12. The Morgan fingerprint density at radius 1 is 1.30 bits per heavy atom. The molecule has 0 saturated carbocycles. The van der Waals surface area contributed by atoms with Crippen LogP contribution >= 0.6 is 0 Å². The summed E-state index contributed by atoms with van der Waals surface area (Å²) in [5.41, 5.74) is 1.75. The van der Waals surface area contributed by atoms with Crippen molar-refractivity contribution in [3.8, 4) is 11.8 Å². The van der Waals surface area contributed by atoms with Crippen LogP contribution in [0.25, 0.3) is 0 Å². The molecule has 8 heteroatoms. The lowest BCUT2D eigenvalue weighted by molar-refractivity contribution is -0.132. The molecule has 1 N–H and O–H groups in total. The number of piperidine rings is 1. The van der Waals surface area contributed by atoms with E-state index in [-0.39, 0.29) is 29.7 Å². The summed E-state index contributed by atoms with van der Waals surface area (Å²) < 4.78 is 32.4. The van der Waals surface area contributed by atoms with Crippen molar-refractivity contribution < 1.29 is 18.3 Å². The quantitative estimate of drug-likeness (QED) is 0.813. The van der Waals surface area contributed by atoms with Gasteiger partial charge in [0.2, 0.25) is 5.91 Å². The molecule has 2 heterocycles. The molecule has 1 aromatic carbocycles. The van der Waals surface area contributed by atoms with Crippen molar-refractivity contribution in [1.29, 1.82) is 5.26 Å². The van der Waals surface area contributed by atoms with Crippen LogP contribution in [0.2, 0.25) is 0 Å². The van der Waals surface area contributed by atoms with Crippen molar-refractivity contribution in [3.63, 3.8) is 0 Å². The first-order valence-corrected chi connectivity index (χ1v) is 9.82. The first-order chi connectivity index (χ1) is 14.3. The third kappa shape index (κ3) is 4.67. The molecule has 1 aromatic heterocycles. The monoisotopic (exact) mass is 415 g/mol. The molecule has 0 aliphatic carbocycles. The van der Waals surface area contributed by atoms with E-state index in [1.54, 1.807) is 18.7 Å². The lowest BCUT2D eigenvalue weighted by Gasteiger charge is -2.32. The van der Waals surface area contributed by atoms with Gasteiger partial charge in [-0.05, 0) is 43.5 Å². The number of carbonyl (C=O) groups is 1. The van der Waals surface area contributed by atoms with Crippen molar-refractivity contribution >= 4 is 5.91 Å². The second-order valence-electron chi connectivity index (χ2n) is 7.44. The summed E-state index contributed by atoms with van der Waals surface area (Å²) in [5, 5.41) is 9.16. The Kier molecular flexibility index (Phi) is 6.50. The van der Waals surface area contributed by atoms with Gasteiger partial charge in [-0.3, -0.25) is 9.59 Å². The van der Waals surface area contributed by atoms with Gasteiger partial charge in [0, 0.05) is 44.1 Å². The Balaban J connectivity index is 1.55. The van der Waals surface area contributed by atoms with E-state index in [4.69, 9.17) is 10.00 Å². The maximum Gasteiger partial charge on any atom is 0.266 e. The lowest BCUT2D eigenvalue weighted by Crippen LogP contribution is -2.42. The molecule has 0 spiro atoms. The van der Waals surface area contributed by atoms with E-state index in [1.807, 2.05) is 6.07 Å². The zero-order valence-corrected chi connectivity index (χ0v) is 16.9. The van der Waals surface area contributed by atoms with Gasteiger partial charge < -0.3 is 14.6 Å². The van der Waals surface area contributed by atoms with Crippen LogP contribution in [-0.4, -0.2) is 35.0 Å². The third-order valence-corrected chi connectivity index (χ3v) is 5.49. The third-order valence-electron chi connectivity index (χ3n) is 5.49. The Labute approximate surface area is 173 Å². The smallest absolute Gasteiger partial charge is 0.266 e. The number of carbonyl (C=O) groups excluding carboxylic acids is 1. The number of aromatic nitrogens is 1. The Bertz CT molecular complexity index is 1050. The molecule has 0 radical (unpaired) electrons. The number of aryl methyl sites for hydroxylation is 1. The average Bonchev–Trinajstić information content (AvgIpc) is 2.70. The second kappa shape index (κ2) is 9.08. The Morgan fingerprint density at radius 3 is 2.63 bits per heavy atom. The predicted octanol–water partition coefficient (Wildman–Crippen LogP) is 3.14. The Morgan fingerprint density at radius 2 is 2.00 bits per heavy atom. The zero-order chi connectivity index (χ0) is 21.8. The largest absolute Gasteiger partial charge is 0.487 e.